The number of nitrogens with zero attached hydrogens (tertiary/aromatic N) is 5. The van der Waals surface area contributed by atoms with Crippen LogP contribution < -0.4 is 15.5 Å². The summed E-state index contributed by atoms with van der Waals surface area (Å²) in [6.45, 7) is 5.74. The molecule has 0 saturated carbocycles. The molecule has 6 heteroatoms. The second-order valence-corrected chi connectivity index (χ2v) is 7.71. The van der Waals surface area contributed by atoms with Gasteiger partial charge in [-0.3, -0.25) is 4.90 Å². The van der Waals surface area contributed by atoms with Gasteiger partial charge in [0.25, 0.3) is 0 Å². The molecule has 29 heavy (non-hydrogen) atoms. The van der Waals surface area contributed by atoms with Gasteiger partial charge in [0, 0.05) is 45.0 Å². The van der Waals surface area contributed by atoms with E-state index in [2.05, 4.69) is 79.3 Å². The molecule has 3 aromatic rings. The average molecular weight is 387 g/mol. The second kappa shape index (κ2) is 7.72. The molecule has 1 saturated heterocycles. The fourth-order valence-corrected chi connectivity index (χ4v) is 4.36. The zero-order valence-electron chi connectivity index (χ0n) is 16.5. The Bertz CT molecular complexity index is 982. The standard InChI is InChI=1S/C23H26N6/c24-21-22(28-14-12-27(13-15-28)16-18-6-2-1-3-7-18)25-17-26-23(21)29-11-10-19-8-4-5-9-20(19)29/h1-9,17H,10-16,24H2. The molecule has 2 N–H and O–H groups in total. The summed E-state index contributed by atoms with van der Waals surface area (Å²) in [4.78, 5) is 16.1. The molecule has 0 unspecified atom stereocenters. The third kappa shape index (κ3) is 3.51. The Hall–Kier alpha value is -3.12. The van der Waals surface area contributed by atoms with Crippen molar-refractivity contribution in [2.24, 2.45) is 0 Å². The van der Waals surface area contributed by atoms with Crippen molar-refractivity contribution in [3.63, 3.8) is 0 Å². The van der Waals surface area contributed by atoms with Crippen LogP contribution >= 0.6 is 0 Å². The lowest BCUT2D eigenvalue weighted by Crippen LogP contribution is -2.46. The highest BCUT2D eigenvalue weighted by atomic mass is 15.3. The van der Waals surface area contributed by atoms with Crippen LogP contribution in [0, 0.1) is 0 Å². The molecule has 0 aliphatic carbocycles. The quantitative estimate of drug-likeness (QED) is 0.744. The van der Waals surface area contributed by atoms with E-state index in [0.29, 0.717) is 5.69 Å². The van der Waals surface area contributed by atoms with Gasteiger partial charge in [-0.05, 0) is 23.6 Å². The molecule has 0 amide bonds. The fraction of sp³-hybridized carbons (Fsp3) is 0.304. The SMILES string of the molecule is Nc1c(N2CCN(Cc3ccccc3)CC2)ncnc1N1CCc2ccccc21. The minimum Gasteiger partial charge on any atom is -0.393 e. The molecule has 148 valence electrons. The number of fused-ring (bicyclic) bond motifs is 1. The maximum atomic E-state index is 6.59. The van der Waals surface area contributed by atoms with Crippen molar-refractivity contribution in [3.05, 3.63) is 72.1 Å². The summed E-state index contributed by atoms with van der Waals surface area (Å²) in [6.07, 6.45) is 2.67. The number of hydrogen-bond acceptors (Lipinski definition) is 6. The minimum atomic E-state index is 0.681. The molecule has 1 aromatic heterocycles. The lowest BCUT2D eigenvalue weighted by atomic mass is 10.2. The first-order valence-corrected chi connectivity index (χ1v) is 10.3. The van der Waals surface area contributed by atoms with Crippen molar-refractivity contribution in [3.8, 4) is 0 Å². The number of anilines is 4. The van der Waals surface area contributed by atoms with E-state index in [9.17, 15) is 0 Å². The van der Waals surface area contributed by atoms with Gasteiger partial charge in [-0.2, -0.15) is 0 Å². The van der Waals surface area contributed by atoms with E-state index < -0.39 is 0 Å². The van der Waals surface area contributed by atoms with Crippen LogP contribution in [0.1, 0.15) is 11.1 Å². The molecule has 5 rings (SSSR count). The molecule has 0 radical (unpaired) electrons. The molecule has 6 nitrogen and oxygen atoms in total. The Labute approximate surface area is 171 Å². The monoisotopic (exact) mass is 386 g/mol. The van der Waals surface area contributed by atoms with Crippen LogP contribution in [0.3, 0.4) is 0 Å². The van der Waals surface area contributed by atoms with Crippen molar-refractivity contribution < 1.29 is 0 Å². The van der Waals surface area contributed by atoms with Crippen molar-refractivity contribution in [1.82, 2.24) is 14.9 Å². The molecule has 0 bridgehead atoms. The molecule has 2 aliphatic rings. The minimum absolute atomic E-state index is 0.681. The molecule has 0 spiro atoms. The fourth-order valence-electron chi connectivity index (χ4n) is 4.36. The summed E-state index contributed by atoms with van der Waals surface area (Å²) in [5.41, 5.74) is 11.2. The lowest BCUT2D eigenvalue weighted by Gasteiger charge is -2.36. The largest absolute Gasteiger partial charge is 0.393 e. The van der Waals surface area contributed by atoms with Crippen LogP contribution in [0.15, 0.2) is 60.9 Å². The third-order valence-electron chi connectivity index (χ3n) is 5.91. The first kappa shape index (κ1) is 17.9. The topological polar surface area (TPSA) is 61.5 Å². The van der Waals surface area contributed by atoms with Gasteiger partial charge in [0.1, 0.15) is 12.0 Å². The maximum absolute atomic E-state index is 6.59. The Morgan fingerprint density at radius 1 is 0.793 bits per heavy atom. The molecular weight excluding hydrogens is 360 g/mol. The maximum Gasteiger partial charge on any atom is 0.161 e. The first-order chi connectivity index (χ1) is 14.3. The van der Waals surface area contributed by atoms with Crippen LogP contribution in [0.2, 0.25) is 0 Å². The summed E-state index contributed by atoms with van der Waals surface area (Å²) < 4.78 is 0. The van der Waals surface area contributed by atoms with E-state index in [0.717, 1.165) is 57.3 Å². The number of para-hydroxylation sites is 1. The molecular formula is C23H26N6. The Morgan fingerprint density at radius 2 is 1.52 bits per heavy atom. The van der Waals surface area contributed by atoms with Crippen LogP contribution in [0.25, 0.3) is 0 Å². The lowest BCUT2D eigenvalue weighted by molar-refractivity contribution is 0.249. The Kier molecular flexibility index (Phi) is 4.77. The van der Waals surface area contributed by atoms with E-state index in [-0.39, 0.29) is 0 Å². The van der Waals surface area contributed by atoms with Gasteiger partial charge in [0.15, 0.2) is 11.6 Å². The van der Waals surface area contributed by atoms with Gasteiger partial charge < -0.3 is 15.5 Å². The van der Waals surface area contributed by atoms with Gasteiger partial charge in [0.2, 0.25) is 0 Å². The van der Waals surface area contributed by atoms with E-state index in [1.807, 2.05) is 0 Å². The third-order valence-corrected chi connectivity index (χ3v) is 5.91. The van der Waals surface area contributed by atoms with Crippen molar-refractivity contribution in [2.45, 2.75) is 13.0 Å². The zero-order chi connectivity index (χ0) is 19.6. The van der Waals surface area contributed by atoms with Crippen LogP contribution in [-0.4, -0.2) is 47.6 Å². The number of benzene rings is 2. The van der Waals surface area contributed by atoms with Gasteiger partial charge in [-0.25, -0.2) is 9.97 Å². The van der Waals surface area contributed by atoms with Crippen LogP contribution in [0.4, 0.5) is 23.0 Å². The smallest absolute Gasteiger partial charge is 0.161 e. The van der Waals surface area contributed by atoms with Crippen LogP contribution in [-0.2, 0) is 13.0 Å². The second-order valence-electron chi connectivity index (χ2n) is 7.71. The Balaban J connectivity index is 1.31. The highest BCUT2D eigenvalue weighted by Gasteiger charge is 2.26. The highest BCUT2D eigenvalue weighted by Crippen LogP contribution is 2.38. The molecule has 0 atom stereocenters. The van der Waals surface area contributed by atoms with E-state index in [4.69, 9.17) is 5.73 Å². The zero-order valence-corrected chi connectivity index (χ0v) is 16.5. The van der Waals surface area contributed by atoms with Gasteiger partial charge >= 0.3 is 0 Å². The van der Waals surface area contributed by atoms with Crippen molar-refractivity contribution >= 4 is 23.0 Å². The molecule has 1 fully saturated rings. The number of aromatic nitrogens is 2. The number of piperazine rings is 1. The normalized spacial score (nSPS) is 16.8. The van der Waals surface area contributed by atoms with Crippen molar-refractivity contribution in [2.75, 3.05) is 48.3 Å². The van der Waals surface area contributed by atoms with Crippen molar-refractivity contribution in [1.29, 1.82) is 0 Å². The number of nitrogens with two attached hydrogens (primary N) is 1. The number of nitrogen functional groups attached to an aromatic ring is 1. The van der Waals surface area contributed by atoms with Gasteiger partial charge in [0.05, 0.1) is 0 Å². The molecule has 3 heterocycles. The number of hydrogen-bond donors (Lipinski definition) is 1. The van der Waals surface area contributed by atoms with Crippen LogP contribution in [0.5, 0.6) is 0 Å². The summed E-state index contributed by atoms with van der Waals surface area (Å²) >= 11 is 0. The van der Waals surface area contributed by atoms with E-state index >= 15 is 0 Å². The predicted octanol–water partition coefficient (Wildman–Crippen LogP) is 3.08. The predicted molar refractivity (Wildman–Crippen MR) is 118 cm³/mol. The summed E-state index contributed by atoms with van der Waals surface area (Å²) in [7, 11) is 0. The van der Waals surface area contributed by atoms with Gasteiger partial charge in [-0.15, -0.1) is 0 Å². The van der Waals surface area contributed by atoms with Gasteiger partial charge in [-0.1, -0.05) is 48.5 Å². The molecule has 2 aromatic carbocycles. The summed E-state index contributed by atoms with van der Waals surface area (Å²) in [5, 5.41) is 0. The summed E-state index contributed by atoms with van der Waals surface area (Å²) in [5.74, 6) is 1.69. The average Bonchev–Trinajstić information content (AvgIpc) is 3.19. The highest BCUT2D eigenvalue weighted by molar-refractivity contribution is 5.81. The summed E-state index contributed by atoms with van der Waals surface area (Å²) in [6, 6.07) is 19.1. The molecule has 2 aliphatic heterocycles. The number of rotatable bonds is 4. The Morgan fingerprint density at radius 3 is 2.34 bits per heavy atom. The van der Waals surface area contributed by atoms with E-state index in [1.165, 1.54) is 16.8 Å². The van der Waals surface area contributed by atoms with E-state index in [1.54, 1.807) is 6.33 Å². The first-order valence-electron chi connectivity index (χ1n) is 10.3.